The molecule has 3 aromatic rings. The lowest BCUT2D eigenvalue weighted by Gasteiger charge is -2.01. The summed E-state index contributed by atoms with van der Waals surface area (Å²) in [7, 11) is 2.01. The third-order valence-electron chi connectivity index (χ3n) is 3.23. The Morgan fingerprint density at radius 3 is 2.65 bits per heavy atom. The molecule has 1 aromatic heterocycles. The fourth-order valence-electron chi connectivity index (χ4n) is 2.14. The average Bonchev–Trinajstić information content (AvgIpc) is 2.82. The molecule has 0 aliphatic rings. The van der Waals surface area contributed by atoms with Crippen molar-refractivity contribution in [1.29, 1.82) is 0 Å². The Balaban J connectivity index is 2.00. The number of rotatable bonds is 3. The summed E-state index contributed by atoms with van der Waals surface area (Å²) in [5.41, 5.74) is 3.09. The van der Waals surface area contributed by atoms with Gasteiger partial charge in [0.25, 0.3) is 0 Å². The maximum Gasteiger partial charge on any atom is 0.152 e. The van der Waals surface area contributed by atoms with Crippen molar-refractivity contribution < 1.29 is 0 Å². The lowest BCUT2D eigenvalue weighted by Crippen LogP contribution is -1.95. The van der Waals surface area contributed by atoms with Crippen molar-refractivity contribution in [1.82, 2.24) is 9.55 Å². The highest BCUT2D eigenvalue weighted by atomic mass is 32.2. The third-order valence-corrected chi connectivity index (χ3v) is 4.01. The summed E-state index contributed by atoms with van der Waals surface area (Å²) in [6, 6.07) is 16.2. The van der Waals surface area contributed by atoms with Crippen LogP contribution in [0.5, 0.6) is 0 Å². The van der Waals surface area contributed by atoms with Gasteiger partial charge in [-0.3, -0.25) is 4.99 Å². The van der Waals surface area contributed by atoms with Crippen molar-refractivity contribution in [2.75, 3.05) is 6.26 Å². The van der Waals surface area contributed by atoms with Gasteiger partial charge in [-0.15, -0.1) is 11.8 Å². The van der Waals surface area contributed by atoms with Crippen LogP contribution < -0.4 is 0 Å². The molecular formula is C16H15N3S. The van der Waals surface area contributed by atoms with Crippen molar-refractivity contribution in [3.8, 4) is 0 Å². The van der Waals surface area contributed by atoms with Gasteiger partial charge in [0.2, 0.25) is 0 Å². The Kier molecular flexibility index (Phi) is 3.56. The monoisotopic (exact) mass is 281 g/mol. The highest BCUT2D eigenvalue weighted by Crippen LogP contribution is 2.27. The number of hydrogen-bond donors (Lipinski definition) is 0. The van der Waals surface area contributed by atoms with Crippen LogP contribution in [-0.4, -0.2) is 22.0 Å². The zero-order valence-electron chi connectivity index (χ0n) is 11.4. The van der Waals surface area contributed by atoms with Crippen LogP contribution in [-0.2, 0) is 7.05 Å². The van der Waals surface area contributed by atoms with Crippen LogP contribution in [0, 0.1) is 0 Å². The summed E-state index contributed by atoms with van der Waals surface area (Å²) in [5.74, 6) is 0.863. The molecule has 0 saturated carbocycles. The molecule has 0 N–H and O–H groups in total. The molecule has 0 aliphatic carbocycles. The van der Waals surface area contributed by atoms with Crippen molar-refractivity contribution in [3.05, 3.63) is 54.4 Å². The van der Waals surface area contributed by atoms with Gasteiger partial charge in [-0.25, -0.2) is 4.98 Å². The second-order valence-electron chi connectivity index (χ2n) is 4.45. The first kappa shape index (κ1) is 12.9. The number of hydrogen-bond acceptors (Lipinski definition) is 3. The summed E-state index contributed by atoms with van der Waals surface area (Å²) in [6.45, 7) is 0. The highest BCUT2D eigenvalue weighted by Gasteiger charge is 2.04. The molecule has 20 heavy (non-hydrogen) atoms. The standard InChI is InChI=1S/C16H15N3S/c1-19-14-9-5-3-7-12(14)18-16(19)11-17-13-8-4-6-10-15(13)20-2/h3-11H,1-2H3. The number of aromatic nitrogens is 2. The molecule has 1 heterocycles. The molecule has 0 radical (unpaired) electrons. The highest BCUT2D eigenvalue weighted by molar-refractivity contribution is 7.98. The predicted octanol–water partition coefficient (Wildman–Crippen LogP) is 4.05. The summed E-state index contributed by atoms with van der Waals surface area (Å²) in [4.78, 5) is 10.3. The molecule has 0 unspecified atom stereocenters. The molecule has 3 rings (SSSR count). The minimum atomic E-state index is 0.863. The Morgan fingerprint density at radius 1 is 1.10 bits per heavy atom. The predicted molar refractivity (Wildman–Crippen MR) is 86.2 cm³/mol. The number of thioether (sulfide) groups is 1. The molecule has 2 aromatic carbocycles. The van der Waals surface area contributed by atoms with E-state index in [0.29, 0.717) is 0 Å². The van der Waals surface area contributed by atoms with E-state index in [0.717, 1.165) is 22.5 Å². The van der Waals surface area contributed by atoms with E-state index in [1.807, 2.05) is 49.7 Å². The summed E-state index contributed by atoms with van der Waals surface area (Å²) >= 11 is 1.70. The topological polar surface area (TPSA) is 30.2 Å². The molecular weight excluding hydrogens is 266 g/mol. The number of benzene rings is 2. The maximum atomic E-state index is 4.59. The van der Waals surface area contributed by atoms with Crippen LogP contribution in [0.2, 0.25) is 0 Å². The zero-order chi connectivity index (χ0) is 13.9. The Bertz CT molecular complexity index is 774. The fraction of sp³-hybridized carbons (Fsp3) is 0.125. The number of imidazole rings is 1. The number of aliphatic imine (C=N–C) groups is 1. The molecule has 0 fully saturated rings. The van der Waals surface area contributed by atoms with E-state index in [4.69, 9.17) is 0 Å². The quantitative estimate of drug-likeness (QED) is 0.535. The van der Waals surface area contributed by atoms with E-state index in [1.54, 1.807) is 11.8 Å². The van der Waals surface area contributed by atoms with E-state index >= 15 is 0 Å². The van der Waals surface area contributed by atoms with Crippen molar-refractivity contribution in [3.63, 3.8) is 0 Å². The first-order valence-corrected chi connectivity index (χ1v) is 7.60. The molecule has 0 aliphatic heterocycles. The fourth-order valence-corrected chi connectivity index (χ4v) is 2.69. The van der Waals surface area contributed by atoms with E-state index < -0.39 is 0 Å². The van der Waals surface area contributed by atoms with Gasteiger partial charge >= 0.3 is 0 Å². The second kappa shape index (κ2) is 5.51. The third kappa shape index (κ3) is 2.34. The van der Waals surface area contributed by atoms with Crippen LogP contribution >= 0.6 is 11.8 Å². The minimum Gasteiger partial charge on any atom is -0.326 e. The molecule has 4 heteroatoms. The molecule has 100 valence electrons. The average molecular weight is 281 g/mol. The Morgan fingerprint density at radius 2 is 1.85 bits per heavy atom. The number of aryl methyl sites for hydroxylation is 1. The van der Waals surface area contributed by atoms with Gasteiger partial charge in [-0.2, -0.15) is 0 Å². The van der Waals surface area contributed by atoms with Crippen LogP contribution in [0.25, 0.3) is 11.0 Å². The van der Waals surface area contributed by atoms with Gasteiger partial charge in [0.15, 0.2) is 5.82 Å². The molecule has 0 bridgehead atoms. The van der Waals surface area contributed by atoms with Crippen molar-refractivity contribution in [2.45, 2.75) is 4.90 Å². The number of para-hydroxylation sites is 3. The zero-order valence-corrected chi connectivity index (χ0v) is 12.3. The second-order valence-corrected chi connectivity index (χ2v) is 5.30. The van der Waals surface area contributed by atoms with Gasteiger partial charge in [0, 0.05) is 11.9 Å². The molecule has 0 spiro atoms. The SMILES string of the molecule is CSc1ccccc1N=Cc1nc2ccccc2n1C. The minimum absolute atomic E-state index is 0.863. The van der Waals surface area contributed by atoms with Gasteiger partial charge < -0.3 is 4.57 Å². The van der Waals surface area contributed by atoms with Crippen LogP contribution in [0.1, 0.15) is 5.82 Å². The lowest BCUT2D eigenvalue weighted by molar-refractivity contribution is 0.934. The number of nitrogens with zero attached hydrogens (tertiary/aromatic N) is 3. The maximum absolute atomic E-state index is 4.59. The van der Waals surface area contributed by atoms with E-state index in [-0.39, 0.29) is 0 Å². The normalized spacial score (nSPS) is 11.5. The molecule has 0 saturated heterocycles. The summed E-state index contributed by atoms with van der Waals surface area (Å²) in [5, 5.41) is 0. The largest absolute Gasteiger partial charge is 0.326 e. The molecule has 3 nitrogen and oxygen atoms in total. The van der Waals surface area contributed by atoms with Crippen LogP contribution in [0.15, 0.2) is 58.4 Å². The Labute approximate surface area is 122 Å². The summed E-state index contributed by atoms with van der Waals surface area (Å²) in [6.07, 6.45) is 3.89. The first-order valence-electron chi connectivity index (χ1n) is 6.38. The lowest BCUT2D eigenvalue weighted by atomic mass is 10.3. The van der Waals surface area contributed by atoms with E-state index in [1.165, 1.54) is 4.90 Å². The van der Waals surface area contributed by atoms with Crippen molar-refractivity contribution >= 4 is 34.7 Å². The van der Waals surface area contributed by atoms with Gasteiger partial charge in [-0.05, 0) is 30.5 Å². The van der Waals surface area contributed by atoms with Crippen molar-refractivity contribution in [2.24, 2.45) is 12.0 Å². The molecule has 0 atom stereocenters. The van der Waals surface area contributed by atoms with E-state index in [2.05, 4.69) is 32.9 Å². The smallest absolute Gasteiger partial charge is 0.152 e. The Hall–Kier alpha value is -2.07. The van der Waals surface area contributed by atoms with Gasteiger partial charge in [-0.1, -0.05) is 24.3 Å². The van der Waals surface area contributed by atoms with E-state index in [9.17, 15) is 0 Å². The van der Waals surface area contributed by atoms with Gasteiger partial charge in [0.05, 0.1) is 22.9 Å². The van der Waals surface area contributed by atoms with Crippen LogP contribution in [0.4, 0.5) is 5.69 Å². The summed E-state index contributed by atoms with van der Waals surface area (Å²) < 4.78 is 2.06. The van der Waals surface area contributed by atoms with Crippen LogP contribution in [0.3, 0.4) is 0 Å². The molecule has 0 amide bonds. The van der Waals surface area contributed by atoms with Gasteiger partial charge in [0.1, 0.15) is 0 Å². The number of fused-ring (bicyclic) bond motifs is 1. The first-order chi connectivity index (χ1) is 9.79.